The van der Waals surface area contributed by atoms with Gasteiger partial charge in [-0.15, -0.1) is 0 Å². The Morgan fingerprint density at radius 3 is 2.63 bits per heavy atom. The highest BCUT2D eigenvalue weighted by Gasteiger charge is 2.15. The molecule has 0 saturated carbocycles. The molecular formula is C15H12ClFO2. The van der Waals surface area contributed by atoms with Crippen molar-refractivity contribution in [2.24, 2.45) is 0 Å². The first-order valence-electron chi connectivity index (χ1n) is 5.84. The van der Waals surface area contributed by atoms with E-state index in [2.05, 4.69) is 0 Å². The van der Waals surface area contributed by atoms with E-state index in [0.717, 1.165) is 0 Å². The molecular weight excluding hydrogens is 267 g/mol. The number of halogens is 2. The quantitative estimate of drug-likeness (QED) is 0.777. The summed E-state index contributed by atoms with van der Waals surface area (Å²) in [6.07, 6.45) is 0.694. The number of carbonyl (C=O) groups is 1. The SMILES string of the molecule is CCOc1ccc(-c2ccccc2C=O)c(F)c1Cl. The van der Waals surface area contributed by atoms with Crippen molar-refractivity contribution in [3.05, 3.63) is 52.8 Å². The van der Waals surface area contributed by atoms with E-state index in [9.17, 15) is 9.18 Å². The van der Waals surface area contributed by atoms with Crippen LogP contribution in [0.4, 0.5) is 4.39 Å². The molecule has 0 heterocycles. The Morgan fingerprint density at radius 2 is 1.95 bits per heavy atom. The fourth-order valence-electron chi connectivity index (χ4n) is 1.85. The first-order chi connectivity index (χ1) is 9.19. The summed E-state index contributed by atoms with van der Waals surface area (Å²) in [7, 11) is 0. The van der Waals surface area contributed by atoms with Crippen LogP contribution in [-0.4, -0.2) is 12.9 Å². The second kappa shape index (κ2) is 5.85. The highest BCUT2D eigenvalue weighted by molar-refractivity contribution is 6.32. The van der Waals surface area contributed by atoms with Gasteiger partial charge in [0.05, 0.1) is 6.61 Å². The maximum Gasteiger partial charge on any atom is 0.153 e. The van der Waals surface area contributed by atoms with Crippen molar-refractivity contribution in [3.63, 3.8) is 0 Å². The van der Waals surface area contributed by atoms with E-state index < -0.39 is 5.82 Å². The van der Waals surface area contributed by atoms with Gasteiger partial charge in [-0.25, -0.2) is 4.39 Å². The van der Waals surface area contributed by atoms with Crippen LogP contribution in [-0.2, 0) is 0 Å². The number of rotatable bonds is 4. The number of carbonyl (C=O) groups excluding carboxylic acids is 1. The number of ether oxygens (including phenoxy) is 1. The minimum atomic E-state index is -0.582. The molecule has 0 atom stereocenters. The second-order valence-electron chi connectivity index (χ2n) is 3.88. The van der Waals surface area contributed by atoms with Gasteiger partial charge in [-0.2, -0.15) is 0 Å². The zero-order valence-corrected chi connectivity index (χ0v) is 11.1. The normalized spacial score (nSPS) is 10.3. The molecule has 2 rings (SSSR count). The first-order valence-corrected chi connectivity index (χ1v) is 6.22. The molecule has 2 nitrogen and oxygen atoms in total. The Kier molecular flexibility index (Phi) is 4.17. The maximum absolute atomic E-state index is 14.3. The topological polar surface area (TPSA) is 26.3 Å². The second-order valence-corrected chi connectivity index (χ2v) is 4.26. The van der Waals surface area contributed by atoms with Crippen molar-refractivity contribution in [2.75, 3.05) is 6.61 Å². The number of hydrogen-bond acceptors (Lipinski definition) is 2. The van der Waals surface area contributed by atoms with E-state index in [-0.39, 0.29) is 10.6 Å². The van der Waals surface area contributed by atoms with Crippen LogP contribution < -0.4 is 4.74 Å². The number of aldehydes is 1. The summed E-state index contributed by atoms with van der Waals surface area (Å²) in [5.41, 5.74) is 1.22. The molecule has 4 heteroatoms. The Labute approximate surface area is 115 Å². The fourth-order valence-corrected chi connectivity index (χ4v) is 2.07. The average molecular weight is 279 g/mol. The van der Waals surface area contributed by atoms with Crippen molar-refractivity contribution < 1.29 is 13.9 Å². The molecule has 0 aliphatic carbocycles. The lowest BCUT2D eigenvalue weighted by atomic mass is 10.00. The first kappa shape index (κ1) is 13.6. The van der Waals surface area contributed by atoms with Gasteiger partial charge in [-0.1, -0.05) is 35.9 Å². The molecule has 0 N–H and O–H groups in total. The van der Waals surface area contributed by atoms with Crippen LogP contribution in [0.2, 0.25) is 5.02 Å². The van der Waals surface area contributed by atoms with Crippen LogP contribution in [0.25, 0.3) is 11.1 Å². The standard InChI is InChI=1S/C15H12ClFO2/c1-2-19-13-8-7-12(15(17)14(13)16)11-6-4-3-5-10(11)9-18/h3-9H,2H2,1H3. The van der Waals surface area contributed by atoms with E-state index in [0.29, 0.717) is 29.8 Å². The lowest BCUT2D eigenvalue weighted by Crippen LogP contribution is -1.96. The summed E-state index contributed by atoms with van der Waals surface area (Å²) >= 11 is 5.93. The maximum atomic E-state index is 14.3. The molecule has 0 aliphatic rings. The van der Waals surface area contributed by atoms with Gasteiger partial charge in [0.1, 0.15) is 10.8 Å². The van der Waals surface area contributed by atoms with E-state index in [1.54, 1.807) is 43.3 Å². The summed E-state index contributed by atoms with van der Waals surface area (Å²) in [4.78, 5) is 11.0. The van der Waals surface area contributed by atoms with Gasteiger partial charge >= 0.3 is 0 Å². The minimum Gasteiger partial charge on any atom is -0.492 e. The van der Waals surface area contributed by atoms with Gasteiger partial charge < -0.3 is 4.74 Å². The molecule has 0 amide bonds. The lowest BCUT2D eigenvalue weighted by Gasteiger charge is -2.11. The molecule has 0 radical (unpaired) electrons. The highest BCUT2D eigenvalue weighted by Crippen LogP contribution is 2.35. The summed E-state index contributed by atoms with van der Waals surface area (Å²) in [5.74, 6) is -0.282. The van der Waals surface area contributed by atoms with Crippen molar-refractivity contribution in [1.29, 1.82) is 0 Å². The average Bonchev–Trinajstić information content (AvgIpc) is 2.44. The third-order valence-corrected chi connectivity index (χ3v) is 3.08. The van der Waals surface area contributed by atoms with E-state index in [1.807, 2.05) is 0 Å². The van der Waals surface area contributed by atoms with E-state index in [1.165, 1.54) is 0 Å². The molecule has 0 unspecified atom stereocenters. The van der Waals surface area contributed by atoms with Crippen LogP contribution in [0, 0.1) is 5.82 Å². The molecule has 98 valence electrons. The van der Waals surface area contributed by atoms with Crippen LogP contribution in [0.15, 0.2) is 36.4 Å². The molecule has 0 bridgehead atoms. The molecule has 2 aromatic carbocycles. The summed E-state index contributed by atoms with van der Waals surface area (Å²) in [6, 6.07) is 9.94. The fraction of sp³-hybridized carbons (Fsp3) is 0.133. The van der Waals surface area contributed by atoms with Gasteiger partial charge in [-0.05, 0) is 24.6 Å². The van der Waals surface area contributed by atoms with Crippen molar-refractivity contribution in [2.45, 2.75) is 6.92 Å². The Balaban J connectivity index is 2.57. The molecule has 19 heavy (non-hydrogen) atoms. The largest absolute Gasteiger partial charge is 0.492 e. The van der Waals surface area contributed by atoms with Crippen molar-refractivity contribution >= 4 is 17.9 Å². The van der Waals surface area contributed by atoms with Gasteiger partial charge in [0, 0.05) is 11.1 Å². The molecule has 0 fully saturated rings. The predicted octanol–water partition coefficient (Wildman–Crippen LogP) is 4.36. The summed E-state index contributed by atoms with van der Waals surface area (Å²) < 4.78 is 19.5. The van der Waals surface area contributed by atoms with Crippen LogP contribution in [0.5, 0.6) is 5.75 Å². The predicted molar refractivity (Wildman–Crippen MR) is 73.4 cm³/mol. The number of benzene rings is 2. The van der Waals surface area contributed by atoms with Gasteiger partial charge in [-0.3, -0.25) is 4.79 Å². The van der Waals surface area contributed by atoms with E-state index >= 15 is 0 Å². The third-order valence-electron chi connectivity index (χ3n) is 2.72. The van der Waals surface area contributed by atoms with Gasteiger partial charge in [0.2, 0.25) is 0 Å². The summed E-state index contributed by atoms with van der Waals surface area (Å²) in [5, 5.41) is -0.0694. The number of hydrogen-bond donors (Lipinski definition) is 0. The molecule has 0 saturated heterocycles. The van der Waals surface area contributed by atoms with Gasteiger partial charge in [0.15, 0.2) is 12.1 Å². The van der Waals surface area contributed by atoms with Crippen molar-refractivity contribution in [1.82, 2.24) is 0 Å². The molecule has 0 aromatic heterocycles. The zero-order valence-electron chi connectivity index (χ0n) is 10.3. The smallest absolute Gasteiger partial charge is 0.153 e. The van der Waals surface area contributed by atoms with Gasteiger partial charge in [0.25, 0.3) is 0 Å². The Hall–Kier alpha value is -1.87. The van der Waals surface area contributed by atoms with Crippen LogP contribution in [0.1, 0.15) is 17.3 Å². The Bertz CT molecular complexity index is 611. The third kappa shape index (κ3) is 2.61. The highest BCUT2D eigenvalue weighted by atomic mass is 35.5. The lowest BCUT2D eigenvalue weighted by molar-refractivity contribution is 0.112. The molecule has 0 aliphatic heterocycles. The van der Waals surface area contributed by atoms with Crippen LogP contribution in [0.3, 0.4) is 0 Å². The molecule has 2 aromatic rings. The van der Waals surface area contributed by atoms with Crippen LogP contribution >= 0.6 is 11.6 Å². The summed E-state index contributed by atoms with van der Waals surface area (Å²) in [6.45, 7) is 2.20. The Morgan fingerprint density at radius 1 is 1.21 bits per heavy atom. The zero-order chi connectivity index (χ0) is 13.8. The van der Waals surface area contributed by atoms with Crippen molar-refractivity contribution in [3.8, 4) is 16.9 Å². The minimum absolute atomic E-state index is 0.0694. The van der Waals surface area contributed by atoms with E-state index in [4.69, 9.17) is 16.3 Å². The molecule has 0 spiro atoms. The monoisotopic (exact) mass is 278 g/mol.